The molecule has 0 bridgehead atoms. The molecule has 0 amide bonds. The van der Waals surface area contributed by atoms with Gasteiger partial charge in [-0.2, -0.15) is 13.2 Å². The minimum atomic E-state index is -4.67. The first-order chi connectivity index (χ1) is 25.6. The second kappa shape index (κ2) is 21.0. The monoisotopic (exact) mass is 734 g/mol. The molecule has 0 saturated carbocycles. The van der Waals surface area contributed by atoms with Gasteiger partial charge in [-0.15, -0.1) is 0 Å². The fraction of sp³-hybridized carbons (Fsp3) is 0.419. The van der Waals surface area contributed by atoms with E-state index in [1.54, 1.807) is 12.1 Å². The summed E-state index contributed by atoms with van der Waals surface area (Å²) in [6, 6.07) is 21.9. The zero-order valence-corrected chi connectivity index (χ0v) is 30.6. The van der Waals surface area contributed by atoms with Gasteiger partial charge in [-0.25, -0.2) is 14.4 Å². The van der Waals surface area contributed by atoms with Crippen molar-refractivity contribution in [2.45, 2.75) is 110 Å². The second-order valence-corrected chi connectivity index (χ2v) is 13.2. The predicted molar refractivity (Wildman–Crippen MR) is 199 cm³/mol. The van der Waals surface area contributed by atoms with Crippen molar-refractivity contribution in [2.75, 3.05) is 6.61 Å². The Morgan fingerprint density at radius 2 is 0.981 bits per heavy atom. The quantitative estimate of drug-likeness (QED) is 0.0478. The molecule has 0 fully saturated rings. The van der Waals surface area contributed by atoms with Gasteiger partial charge in [-0.3, -0.25) is 0 Å². The van der Waals surface area contributed by atoms with Crippen LogP contribution < -0.4 is 14.2 Å². The summed E-state index contributed by atoms with van der Waals surface area (Å²) >= 11 is 0. The lowest BCUT2D eigenvalue weighted by Gasteiger charge is -2.20. The highest BCUT2D eigenvalue weighted by molar-refractivity contribution is 5.97. The maximum Gasteiger partial charge on any atom is 0.425 e. The normalized spacial score (nSPS) is 11.9. The van der Waals surface area contributed by atoms with Crippen molar-refractivity contribution in [1.82, 2.24) is 0 Å². The van der Waals surface area contributed by atoms with E-state index in [0.717, 1.165) is 42.2 Å². The molecule has 10 heteroatoms. The van der Waals surface area contributed by atoms with Crippen LogP contribution in [-0.2, 0) is 4.74 Å². The van der Waals surface area contributed by atoms with Gasteiger partial charge < -0.3 is 18.9 Å². The van der Waals surface area contributed by atoms with Crippen molar-refractivity contribution in [2.24, 2.45) is 0 Å². The minimum Gasteiger partial charge on any atom is -0.494 e. The summed E-state index contributed by atoms with van der Waals surface area (Å²) in [5.74, 6) is -1.31. The van der Waals surface area contributed by atoms with Gasteiger partial charge >= 0.3 is 24.1 Å². The van der Waals surface area contributed by atoms with Crippen LogP contribution in [-0.4, -0.2) is 36.8 Å². The molecule has 1 unspecified atom stereocenters. The van der Waals surface area contributed by atoms with E-state index >= 15 is 0 Å². The van der Waals surface area contributed by atoms with Crippen molar-refractivity contribution >= 4 is 28.7 Å². The molecule has 284 valence electrons. The van der Waals surface area contributed by atoms with E-state index in [0.29, 0.717) is 25.0 Å². The van der Waals surface area contributed by atoms with E-state index in [1.165, 1.54) is 87.1 Å². The Kier molecular flexibility index (Phi) is 16.2. The summed E-state index contributed by atoms with van der Waals surface area (Å²) in [5.41, 5.74) is 0.422. The Balaban J connectivity index is 1.24. The van der Waals surface area contributed by atoms with Gasteiger partial charge in [-0.05, 0) is 103 Å². The van der Waals surface area contributed by atoms with E-state index < -0.39 is 30.2 Å². The standard InChI is InChI=1S/C43H49F3O7/c1-3-5-7-9-10-11-12-14-28-50-38-27-22-33-29-35(17-16-34(33)30-38)42(49)52-37-23-18-31(19-24-37)40(47)51-36-25-20-32(21-26-36)41(48)53-39(43(44,45)46)15-13-8-6-4-2/h16-27,29-30,39H,3-15,28H2,1-2H3. The van der Waals surface area contributed by atoms with Gasteiger partial charge in [0.1, 0.15) is 17.2 Å². The molecular weight excluding hydrogens is 685 g/mol. The third kappa shape index (κ3) is 13.6. The Morgan fingerprint density at radius 3 is 1.57 bits per heavy atom. The number of unbranched alkanes of at least 4 members (excludes halogenated alkanes) is 10. The largest absolute Gasteiger partial charge is 0.494 e. The summed E-state index contributed by atoms with van der Waals surface area (Å²) in [4.78, 5) is 38.1. The van der Waals surface area contributed by atoms with Crippen LogP contribution in [0.1, 0.15) is 128 Å². The summed E-state index contributed by atoms with van der Waals surface area (Å²) in [6.07, 6.45) is 5.33. The van der Waals surface area contributed by atoms with Crippen LogP contribution in [0.15, 0.2) is 84.9 Å². The first kappa shape index (κ1) is 40.9. The van der Waals surface area contributed by atoms with Crippen molar-refractivity contribution in [3.8, 4) is 17.2 Å². The molecular formula is C43H49F3O7. The summed E-state index contributed by atoms with van der Waals surface area (Å²) in [7, 11) is 0. The molecule has 0 heterocycles. The molecule has 53 heavy (non-hydrogen) atoms. The number of benzene rings is 4. The number of alkyl halides is 3. The summed E-state index contributed by atoms with van der Waals surface area (Å²) in [5, 5.41) is 1.81. The molecule has 0 N–H and O–H groups in total. The molecule has 0 saturated heterocycles. The van der Waals surface area contributed by atoms with Crippen LogP contribution in [0.2, 0.25) is 0 Å². The van der Waals surface area contributed by atoms with Gasteiger partial charge in [0.05, 0.1) is 23.3 Å². The topological polar surface area (TPSA) is 88.1 Å². The third-order valence-electron chi connectivity index (χ3n) is 8.85. The Hall–Kier alpha value is -4.86. The zero-order valence-electron chi connectivity index (χ0n) is 30.6. The first-order valence-electron chi connectivity index (χ1n) is 18.7. The summed E-state index contributed by atoms with van der Waals surface area (Å²) < 4.78 is 61.9. The lowest BCUT2D eigenvalue weighted by atomic mass is 10.1. The van der Waals surface area contributed by atoms with Gasteiger partial charge in [0.15, 0.2) is 6.10 Å². The van der Waals surface area contributed by atoms with E-state index in [4.69, 9.17) is 18.9 Å². The molecule has 0 aliphatic heterocycles. The van der Waals surface area contributed by atoms with Gasteiger partial charge in [0.25, 0.3) is 0 Å². The molecule has 4 rings (SSSR count). The fourth-order valence-corrected chi connectivity index (χ4v) is 5.76. The molecule has 0 aliphatic rings. The zero-order chi connectivity index (χ0) is 38.1. The van der Waals surface area contributed by atoms with Gasteiger partial charge in [-0.1, -0.05) is 90.2 Å². The number of hydrogen-bond donors (Lipinski definition) is 0. The van der Waals surface area contributed by atoms with Gasteiger partial charge in [0, 0.05) is 0 Å². The average molecular weight is 735 g/mol. The Bertz CT molecular complexity index is 1750. The highest BCUT2D eigenvalue weighted by atomic mass is 19.4. The number of ether oxygens (including phenoxy) is 4. The molecule has 0 aliphatic carbocycles. The highest BCUT2D eigenvalue weighted by Gasteiger charge is 2.42. The van der Waals surface area contributed by atoms with Crippen LogP contribution in [0, 0.1) is 0 Å². The molecule has 1 atom stereocenters. The van der Waals surface area contributed by atoms with Crippen molar-refractivity contribution in [3.05, 3.63) is 102 Å². The SMILES string of the molecule is CCCCCCCCCCOc1ccc2cc(C(=O)Oc3ccc(C(=O)Oc4ccc(C(=O)OC(CCCCCC)C(F)(F)F)cc4)cc3)ccc2c1. The van der Waals surface area contributed by atoms with Crippen LogP contribution >= 0.6 is 0 Å². The van der Waals surface area contributed by atoms with E-state index in [2.05, 4.69) is 6.92 Å². The second-order valence-electron chi connectivity index (χ2n) is 13.2. The molecule has 0 radical (unpaired) electrons. The number of hydrogen-bond acceptors (Lipinski definition) is 7. The van der Waals surface area contributed by atoms with Crippen molar-refractivity contribution < 1.29 is 46.5 Å². The Labute approximate surface area is 309 Å². The summed E-state index contributed by atoms with van der Waals surface area (Å²) in [6.45, 7) is 4.85. The predicted octanol–water partition coefficient (Wildman–Crippen LogP) is 11.9. The highest BCUT2D eigenvalue weighted by Crippen LogP contribution is 2.29. The van der Waals surface area contributed by atoms with E-state index in [-0.39, 0.29) is 29.0 Å². The third-order valence-corrected chi connectivity index (χ3v) is 8.85. The molecule has 4 aromatic carbocycles. The molecule has 7 nitrogen and oxygen atoms in total. The van der Waals surface area contributed by atoms with Crippen molar-refractivity contribution in [1.29, 1.82) is 0 Å². The van der Waals surface area contributed by atoms with Crippen LogP contribution in [0.3, 0.4) is 0 Å². The van der Waals surface area contributed by atoms with E-state index in [9.17, 15) is 27.6 Å². The first-order valence-corrected chi connectivity index (χ1v) is 18.7. The van der Waals surface area contributed by atoms with Crippen LogP contribution in [0.4, 0.5) is 13.2 Å². The van der Waals surface area contributed by atoms with E-state index in [1.807, 2.05) is 31.2 Å². The number of carbonyl (C=O) groups is 3. The number of halogens is 3. The lowest BCUT2D eigenvalue weighted by Crippen LogP contribution is -2.33. The average Bonchev–Trinajstić information content (AvgIpc) is 3.15. The molecule has 0 aromatic heterocycles. The number of rotatable bonds is 21. The Morgan fingerprint density at radius 1 is 0.528 bits per heavy atom. The maximum absolute atomic E-state index is 13.4. The van der Waals surface area contributed by atoms with Gasteiger partial charge in [0.2, 0.25) is 0 Å². The fourth-order valence-electron chi connectivity index (χ4n) is 5.76. The minimum absolute atomic E-state index is 0.0764. The number of esters is 3. The molecule has 4 aromatic rings. The smallest absolute Gasteiger partial charge is 0.425 e. The maximum atomic E-state index is 13.4. The lowest BCUT2D eigenvalue weighted by molar-refractivity contribution is -0.206. The number of carbonyl (C=O) groups excluding carboxylic acids is 3. The number of fused-ring (bicyclic) bond motifs is 1. The molecule has 0 spiro atoms. The van der Waals surface area contributed by atoms with Crippen LogP contribution in [0.25, 0.3) is 10.8 Å². The van der Waals surface area contributed by atoms with Crippen molar-refractivity contribution in [3.63, 3.8) is 0 Å². The van der Waals surface area contributed by atoms with Crippen LogP contribution in [0.5, 0.6) is 17.2 Å².